The molecule has 0 fully saturated rings. The molecule has 1 unspecified atom stereocenters. The number of para-hydroxylation sites is 2. The number of rotatable bonds is 6. The molecule has 1 N–H and O–H groups in total. The van der Waals surface area contributed by atoms with Gasteiger partial charge in [-0.1, -0.05) is 30.3 Å². The van der Waals surface area contributed by atoms with Crippen molar-refractivity contribution in [2.75, 3.05) is 38.8 Å². The molecule has 2 aliphatic heterocycles. The van der Waals surface area contributed by atoms with Crippen molar-refractivity contribution in [1.29, 1.82) is 0 Å². The van der Waals surface area contributed by atoms with Crippen LogP contribution in [0.3, 0.4) is 0 Å². The van der Waals surface area contributed by atoms with Gasteiger partial charge in [-0.3, -0.25) is 9.59 Å². The summed E-state index contributed by atoms with van der Waals surface area (Å²) in [5, 5.41) is 4.16. The molecule has 0 saturated carbocycles. The molecular weight excluding hydrogens is 404 g/mol. The highest BCUT2D eigenvalue weighted by Crippen LogP contribution is 2.44. The zero-order chi connectivity index (χ0) is 22.2. The molecule has 1 aromatic heterocycles. The topological polar surface area (TPSA) is 66.8 Å². The smallest absolute Gasteiger partial charge is 0.257 e. The summed E-state index contributed by atoms with van der Waals surface area (Å²) in [6, 6.07) is 16.0. The number of hydrogen-bond donors (Lipinski definition) is 1. The molecule has 1 atom stereocenters. The summed E-state index contributed by atoms with van der Waals surface area (Å²) in [5.74, 6) is 0.0159. The van der Waals surface area contributed by atoms with Crippen molar-refractivity contribution in [3.63, 3.8) is 0 Å². The number of ether oxygens (including phenoxy) is 1. The third-order valence-corrected chi connectivity index (χ3v) is 6.55. The normalized spacial score (nSPS) is 17.2. The first kappa shape index (κ1) is 20.6. The zero-order valence-electron chi connectivity index (χ0n) is 18.5. The van der Waals surface area contributed by atoms with Crippen LogP contribution in [0.4, 0.5) is 5.69 Å². The molecule has 7 nitrogen and oxygen atoms in total. The van der Waals surface area contributed by atoms with E-state index in [4.69, 9.17) is 4.74 Å². The molecule has 0 saturated heterocycles. The van der Waals surface area contributed by atoms with Gasteiger partial charge < -0.3 is 24.4 Å². The molecule has 0 aliphatic carbocycles. The van der Waals surface area contributed by atoms with E-state index < -0.39 is 0 Å². The van der Waals surface area contributed by atoms with Gasteiger partial charge in [0.15, 0.2) is 0 Å². The van der Waals surface area contributed by atoms with E-state index >= 15 is 0 Å². The standard InChI is InChI=1S/C25H28N4O3/c1-27-20-10-5-4-9-19(20)25(31)28-14-12-18-17-8-3-6-11-21(17)29(23(18)24(27)28)16-22(30)26-13-7-15-32-2/h3-6,8-11,24H,7,12-16H2,1-2H3,(H,26,30). The highest BCUT2D eigenvalue weighted by molar-refractivity contribution is 6.02. The molecule has 0 radical (unpaired) electrons. The third-order valence-electron chi connectivity index (χ3n) is 6.55. The number of carbonyl (C=O) groups is 2. The molecule has 5 rings (SSSR count). The summed E-state index contributed by atoms with van der Waals surface area (Å²) in [7, 11) is 3.69. The second-order valence-corrected chi connectivity index (χ2v) is 8.41. The number of methoxy groups -OCH3 is 1. The highest BCUT2D eigenvalue weighted by Gasteiger charge is 2.42. The Morgan fingerprint density at radius 3 is 2.78 bits per heavy atom. The number of fused-ring (bicyclic) bond motifs is 6. The van der Waals surface area contributed by atoms with E-state index in [0.717, 1.165) is 40.7 Å². The lowest BCUT2D eigenvalue weighted by Crippen LogP contribution is -2.51. The molecular formula is C25H28N4O3. The van der Waals surface area contributed by atoms with Crippen LogP contribution in [0.1, 0.15) is 34.2 Å². The van der Waals surface area contributed by atoms with Gasteiger partial charge in [-0.2, -0.15) is 0 Å². The molecule has 2 amide bonds. The Kier molecular flexibility index (Phi) is 5.35. The van der Waals surface area contributed by atoms with Crippen LogP contribution in [0.2, 0.25) is 0 Å². The monoisotopic (exact) mass is 432 g/mol. The number of hydrogen-bond acceptors (Lipinski definition) is 4. The van der Waals surface area contributed by atoms with Crippen molar-refractivity contribution in [3.05, 3.63) is 65.4 Å². The molecule has 3 aromatic rings. The van der Waals surface area contributed by atoms with Gasteiger partial charge in [-0.05, 0) is 36.6 Å². The van der Waals surface area contributed by atoms with Crippen LogP contribution >= 0.6 is 0 Å². The summed E-state index contributed by atoms with van der Waals surface area (Å²) < 4.78 is 7.17. The Balaban J connectivity index is 1.58. The van der Waals surface area contributed by atoms with Crippen LogP contribution in [-0.2, 0) is 22.5 Å². The molecule has 2 aromatic carbocycles. The number of aromatic nitrogens is 1. The first-order valence-corrected chi connectivity index (χ1v) is 11.1. The Labute approximate surface area is 187 Å². The molecule has 3 heterocycles. The van der Waals surface area contributed by atoms with Crippen LogP contribution < -0.4 is 10.2 Å². The second-order valence-electron chi connectivity index (χ2n) is 8.41. The van der Waals surface area contributed by atoms with Gasteiger partial charge in [0, 0.05) is 44.8 Å². The van der Waals surface area contributed by atoms with Crippen molar-refractivity contribution in [1.82, 2.24) is 14.8 Å². The minimum Gasteiger partial charge on any atom is -0.385 e. The van der Waals surface area contributed by atoms with Crippen molar-refractivity contribution in [2.24, 2.45) is 0 Å². The number of benzene rings is 2. The van der Waals surface area contributed by atoms with Crippen LogP contribution in [0.5, 0.6) is 0 Å². The second kappa shape index (κ2) is 8.31. The summed E-state index contributed by atoms with van der Waals surface area (Å²) in [5.41, 5.74) is 4.95. The zero-order valence-corrected chi connectivity index (χ0v) is 18.5. The van der Waals surface area contributed by atoms with Gasteiger partial charge in [-0.25, -0.2) is 0 Å². The van der Waals surface area contributed by atoms with Crippen LogP contribution in [0, 0.1) is 0 Å². The number of nitrogens with one attached hydrogen (secondary N) is 1. The molecule has 166 valence electrons. The van der Waals surface area contributed by atoms with Crippen LogP contribution in [0.15, 0.2) is 48.5 Å². The number of anilines is 1. The fourth-order valence-electron chi connectivity index (χ4n) is 5.12. The van der Waals surface area contributed by atoms with E-state index in [1.807, 2.05) is 48.3 Å². The maximum atomic E-state index is 13.4. The minimum absolute atomic E-state index is 0.0352. The van der Waals surface area contributed by atoms with E-state index in [2.05, 4.69) is 26.9 Å². The van der Waals surface area contributed by atoms with Gasteiger partial charge in [0.2, 0.25) is 5.91 Å². The third kappa shape index (κ3) is 3.24. The van der Waals surface area contributed by atoms with E-state index in [0.29, 0.717) is 19.7 Å². The lowest BCUT2D eigenvalue weighted by Gasteiger charge is -2.46. The van der Waals surface area contributed by atoms with E-state index in [1.54, 1.807) is 7.11 Å². The lowest BCUT2D eigenvalue weighted by molar-refractivity contribution is -0.121. The number of amides is 2. The summed E-state index contributed by atoms with van der Waals surface area (Å²) in [4.78, 5) is 30.3. The van der Waals surface area contributed by atoms with Crippen LogP contribution in [-0.4, -0.2) is 55.1 Å². The van der Waals surface area contributed by atoms with E-state index in [-0.39, 0.29) is 24.5 Å². The lowest BCUT2D eigenvalue weighted by atomic mass is 9.96. The van der Waals surface area contributed by atoms with Gasteiger partial charge in [-0.15, -0.1) is 0 Å². The Hall–Kier alpha value is -3.32. The van der Waals surface area contributed by atoms with Crippen molar-refractivity contribution in [3.8, 4) is 0 Å². The maximum Gasteiger partial charge on any atom is 0.257 e. The van der Waals surface area contributed by atoms with Crippen molar-refractivity contribution >= 4 is 28.4 Å². The van der Waals surface area contributed by atoms with Crippen LogP contribution in [0.25, 0.3) is 10.9 Å². The fourth-order valence-corrected chi connectivity index (χ4v) is 5.12. The molecule has 2 aliphatic rings. The van der Waals surface area contributed by atoms with Gasteiger partial charge in [0.25, 0.3) is 5.91 Å². The maximum absolute atomic E-state index is 13.4. The van der Waals surface area contributed by atoms with Crippen molar-refractivity contribution in [2.45, 2.75) is 25.6 Å². The van der Waals surface area contributed by atoms with Crippen molar-refractivity contribution < 1.29 is 14.3 Å². The SMILES string of the molecule is COCCCNC(=O)Cn1c2c(c3ccccc31)CCN1C(=O)c3ccccc3N(C)C21. The predicted molar refractivity (Wildman–Crippen MR) is 124 cm³/mol. The quantitative estimate of drug-likeness (QED) is 0.609. The molecule has 32 heavy (non-hydrogen) atoms. The number of carbonyl (C=O) groups excluding carboxylic acids is 2. The Morgan fingerprint density at radius 1 is 1.16 bits per heavy atom. The summed E-state index contributed by atoms with van der Waals surface area (Å²) in [6.07, 6.45) is 1.31. The minimum atomic E-state index is -0.241. The Bertz CT molecular complexity index is 1190. The van der Waals surface area contributed by atoms with Gasteiger partial charge >= 0.3 is 0 Å². The summed E-state index contributed by atoms with van der Waals surface area (Å²) in [6.45, 7) is 2.07. The Morgan fingerprint density at radius 2 is 1.94 bits per heavy atom. The fraction of sp³-hybridized carbons (Fsp3) is 0.360. The number of nitrogens with zero attached hydrogens (tertiary/aromatic N) is 3. The van der Waals surface area contributed by atoms with Gasteiger partial charge in [0.05, 0.1) is 16.9 Å². The predicted octanol–water partition coefficient (Wildman–Crippen LogP) is 2.94. The average molecular weight is 433 g/mol. The van der Waals surface area contributed by atoms with Gasteiger partial charge in [0.1, 0.15) is 12.7 Å². The molecule has 0 bridgehead atoms. The average Bonchev–Trinajstić information content (AvgIpc) is 3.13. The molecule has 0 spiro atoms. The van der Waals surface area contributed by atoms with E-state index in [9.17, 15) is 9.59 Å². The largest absolute Gasteiger partial charge is 0.385 e. The summed E-state index contributed by atoms with van der Waals surface area (Å²) >= 11 is 0. The highest BCUT2D eigenvalue weighted by atomic mass is 16.5. The molecule has 7 heteroatoms. The first-order chi connectivity index (χ1) is 15.6. The first-order valence-electron chi connectivity index (χ1n) is 11.1. The van der Waals surface area contributed by atoms with E-state index in [1.165, 1.54) is 5.56 Å².